The quantitative estimate of drug-likeness (QED) is 0.379. The van der Waals surface area contributed by atoms with Crippen molar-refractivity contribution in [3.63, 3.8) is 0 Å². The lowest BCUT2D eigenvalue weighted by molar-refractivity contribution is -0.117. The van der Waals surface area contributed by atoms with E-state index in [-0.39, 0.29) is 11.3 Å². The second-order valence-electron chi connectivity index (χ2n) is 7.61. The Morgan fingerprint density at radius 1 is 0.941 bits per heavy atom. The number of hydrogen-bond donors (Lipinski definition) is 2. The number of benzene rings is 3. The van der Waals surface area contributed by atoms with Gasteiger partial charge < -0.3 is 10.1 Å². The fourth-order valence-corrected chi connectivity index (χ4v) is 5.03. The van der Waals surface area contributed by atoms with Crippen molar-refractivity contribution in [1.29, 1.82) is 0 Å². The third-order valence-electron chi connectivity index (χ3n) is 5.23. The number of ether oxygens (including phenoxy) is 1. The lowest BCUT2D eigenvalue weighted by atomic mass is 10.1. The van der Waals surface area contributed by atoms with Gasteiger partial charge in [-0.15, -0.1) is 0 Å². The van der Waals surface area contributed by atoms with Crippen molar-refractivity contribution in [2.24, 2.45) is 0 Å². The normalized spacial score (nSPS) is 12.3. The summed E-state index contributed by atoms with van der Waals surface area (Å²) < 4.78 is 35.0. The minimum Gasteiger partial charge on any atom is -0.492 e. The lowest BCUT2D eigenvalue weighted by Crippen LogP contribution is -2.45. The molecule has 4 aromatic rings. The highest BCUT2D eigenvalue weighted by molar-refractivity contribution is 7.89. The van der Waals surface area contributed by atoms with E-state index in [4.69, 9.17) is 4.74 Å². The first-order valence-corrected chi connectivity index (χ1v) is 12.4. The molecule has 0 bridgehead atoms. The van der Waals surface area contributed by atoms with Crippen LogP contribution in [-0.4, -0.2) is 32.0 Å². The summed E-state index contributed by atoms with van der Waals surface area (Å²) in [5.74, 6) is 0.0192. The molecular formula is C26H25N3O4S. The number of sulfonamides is 1. The molecule has 1 atom stereocenters. The van der Waals surface area contributed by atoms with Crippen LogP contribution in [0.15, 0.2) is 96.0 Å². The molecule has 0 aliphatic carbocycles. The molecule has 0 saturated carbocycles. The maximum Gasteiger partial charge on any atom is 0.243 e. The first-order chi connectivity index (χ1) is 16.5. The van der Waals surface area contributed by atoms with E-state index in [1.54, 1.807) is 54.7 Å². The average molecular weight is 476 g/mol. The summed E-state index contributed by atoms with van der Waals surface area (Å²) in [4.78, 5) is 17.6. The Bertz CT molecular complexity index is 1390. The molecule has 174 valence electrons. The van der Waals surface area contributed by atoms with E-state index in [1.165, 1.54) is 6.07 Å². The van der Waals surface area contributed by atoms with Crippen molar-refractivity contribution < 1.29 is 17.9 Å². The third kappa shape index (κ3) is 5.41. The Balaban J connectivity index is 1.67. The molecule has 1 aromatic heterocycles. The summed E-state index contributed by atoms with van der Waals surface area (Å²) in [6.45, 7) is 2.28. The molecule has 0 aliphatic heterocycles. The smallest absolute Gasteiger partial charge is 0.243 e. The van der Waals surface area contributed by atoms with Gasteiger partial charge in [-0.3, -0.25) is 9.78 Å². The van der Waals surface area contributed by atoms with Crippen molar-refractivity contribution in [3.05, 3.63) is 96.7 Å². The maximum atomic E-state index is 13.4. The number of carbonyl (C=O) groups is 1. The zero-order valence-corrected chi connectivity index (χ0v) is 19.5. The molecule has 2 N–H and O–H groups in total. The Labute approximate surface area is 198 Å². The lowest BCUT2D eigenvalue weighted by Gasteiger charge is -2.20. The molecule has 34 heavy (non-hydrogen) atoms. The van der Waals surface area contributed by atoms with Crippen molar-refractivity contribution in [1.82, 2.24) is 9.71 Å². The predicted molar refractivity (Wildman–Crippen MR) is 132 cm³/mol. The van der Waals surface area contributed by atoms with E-state index in [1.807, 2.05) is 37.3 Å². The van der Waals surface area contributed by atoms with Crippen LogP contribution in [0, 0.1) is 0 Å². The molecule has 0 radical (unpaired) electrons. The van der Waals surface area contributed by atoms with Gasteiger partial charge in [0, 0.05) is 11.6 Å². The van der Waals surface area contributed by atoms with Crippen LogP contribution in [0.5, 0.6) is 5.75 Å². The van der Waals surface area contributed by atoms with Crippen LogP contribution < -0.4 is 14.8 Å². The number of pyridine rings is 1. The topological polar surface area (TPSA) is 97.4 Å². The molecular weight excluding hydrogens is 450 g/mol. The van der Waals surface area contributed by atoms with Gasteiger partial charge >= 0.3 is 0 Å². The average Bonchev–Trinajstić information content (AvgIpc) is 2.85. The van der Waals surface area contributed by atoms with E-state index < -0.39 is 22.0 Å². The maximum absolute atomic E-state index is 13.4. The molecule has 3 aromatic carbocycles. The first kappa shape index (κ1) is 23.4. The number of anilines is 1. The van der Waals surface area contributed by atoms with Crippen molar-refractivity contribution in [2.75, 3.05) is 11.9 Å². The number of aromatic nitrogens is 1. The van der Waals surface area contributed by atoms with Crippen LogP contribution in [0.4, 0.5) is 5.69 Å². The van der Waals surface area contributed by atoms with Crippen LogP contribution in [0.2, 0.25) is 0 Å². The van der Waals surface area contributed by atoms with Crippen LogP contribution in [0.25, 0.3) is 10.9 Å². The van der Waals surface area contributed by atoms with Crippen LogP contribution in [-0.2, 0) is 21.2 Å². The van der Waals surface area contributed by atoms with Crippen molar-refractivity contribution in [3.8, 4) is 5.75 Å². The number of amides is 1. The minimum absolute atomic E-state index is 0.0196. The van der Waals surface area contributed by atoms with Gasteiger partial charge in [-0.1, -0.05) is 60.7 Å². The zero-order chi connectivity index (χ0) is 24.0. The van der Waals surface area contributed by atoms with E-state index in [9.17, 15) is 13.2 Å². The highest BCUT2D eigenvalue weighted by Crippen LogP contribution is 2.25. The molecule has 0 fully saturated rings. The number of fused-ring (bicyclic) bond motifs is 1. The highest BCUT2D eigenvalue weighted by Gasteiger charge is 2.28. The summed E-state index contributed by atoms with van der Waals surface area (Å²) >= 11 is 0. The largest absolute Gasteiger partial charge is 0.492 e. The molecule has 1 heterocycles. The standard InChI is InChI=1S/C26H25N3O4S/c1-2-33-23-15-7-6-14-21(23)28-26(30)22(18-19-10-4-3-5-11-19)29-34(31,32)24-16-8-12-20-13-9-17-27-25(20)24/h3-17,22,29H,2,18H2,1H3,(H,28,30). The monoisotopic (exact) mass is 475 g/mol. The van der Waals surface area contributed by atoms with Crippen molar-refractivity contribution in [2.45, 2.75) is 24.3 Å². The summed E-state index contributed by atoms with van der Waals surface area (Å²) in [5, 5.41) is 3.51. The van der Waals surface area contributed by atoms with Gasteiger partial charge in [-0.05, 0) is 43.2 Å². The molecule has 0 saturated heterocycles. The molecule has 1 unspecified atom stereocenters. The zero-order valence-electron chi connectivity index (χ0n) is 18.6. The third-order valence-corrected chi connectivity index (χ3v) is 6.73. The van der Waals surface area contributed by atoms with Gasteiger partial charge in [0.05, 0.1) is 17.8 Å². The highest BCUT2D eigenvalue weighted by atomic mass is 32.2. The molecule has 4 rings (SSSR count). The van der Waals surface area contributed by atoms with E-state index in [0.29, 0.717) is 28.9 Å². The summed E-state index contributed by atoms with van der Waals surface area (Å²) in [7, 11) is -4.07. The number of rotatable bonds is 9. The SMILES string of the molecule is CCOc1ccccc1NC(=O)C(Cc1ccccc1)NS(=O)(=O)c1cccc2cccnc12. The fraction of sp³-hybridized carbons (Fsp3) is 0.154. The number of nitrogens with zero attached hydrogens (tertiary/aromatic N) is 1. The Kier molecular flexibility index (Phi) is 7.20. The molecule has 0 spiro atoms. The number of hydrogen-bond acceptors (Lipinski definition) is 5. The van der Waals surface area contributed by atoms with Gasteiger partial charge in [-0.2, -0.15) is 4.72 Å². The Hall–Kier alpha value is -3.75. The molecule has 0 aliphatic rings. The minimum atomic E-state index is -4.07. The second-order valence-corrected chi connectivity index (χ2v) is 9.30. The number of carbonyl (C=O) groups excluding carboxylic acids is 1. The van der Waals surface area contributed by atoms with E-state index in [0.717, 1.165) is 5.56 Å². The Morgan fingerprint density at radius 2 is 1.68 bits per heavy atom. The van der Waals surface area contributed by atoms with Crippen LogP contribution in [0.1, 0.15) is 12.5 Å². The molecule has 8 heteroatoms. The van der Waals surface area contributed by atoms with Crippen LogP contribution in [0.3, 0.4) is 0 Å². The Morgan fingerprint density at radius 3 is 2.47 bits per heavy atom. The number of para-hydroxylation sites is 3. The van der Waals surface area contributed by atoms with Gasteiger partial charge in [-0.25, -0.2) is 8.42 Å². The predicted octanol–water partition coefficient (Wildman–Crippen LogP) is 4.16. The van der Waals surface area contributed by atoms with Crippen molar-refractivity contribution >= 4 is 32.5 Å². The number of nitrogens with one attached hydrogen (secondary N) is 2. The summed E-state index contributed by atoms with van der Waals surface area (Å²) in [6, 6.07) is 23.7. The van der Waals surface area contributed by atoms with Gasteiger partial charge in [0.2, 0.25) is 15.9 Å². The van der Waals surface area contributed by atoms with E-state index >= 15 is 0 Å². The van der Waals surface area contributed by atoms with Gasteiger partial charge in [0.1, 0.15) is 16.7 Å². The van der Waals surface area contributed by atoms with Gasteiger partial charge in [0.15, 0.2) is 0 Å². The summed E-state index contributed by atoms with van der Waals surface area (Å²) in [5.41, 5.74) is 1.64. The first-order valence-electron chi connectivity index (χ1n) is 10.9. The molecule has 1 amide bonds. The second kappa shape index (κ2) is 10.5. The molecule has 7 nitrogen and oxygen atoms in total. The summed E-state index contributed by atoms with van der Waals surface area (Å²) in [6.07, 6.45) is 1.71. The van der Waals surface area contributed by atoms with Crippen LogP contribution >= 0.6 is 0 Å². The van der Waals surface area contributed by atoms with Gasteiger partial charge in [0.25, 0.3) is 0 Å². The van der Waals surface area contributed by atoms with E-state index in [2.05, 4.69) is 15.0 Å². The fourth-order valence-electron chi connectivity index (χ4n) is 3.65.